The van der Waals surface area contributed by atoms with Gasteiger partial charge in [0.1, 0.15) is 0 Å². The monoisotopic (exact) mass is 366 g/mol. The predicted octanol–water partition coefficient (Wildman–Crippen LogP) is 5.03. The van der Waals surface area contributed by atoms with Crippen molar-refractivity contribution in [2.45, 2.75) is 57.0 Å². The maximum Gasteiger partial charge on any atom is 0.349 e. The summed E-state index contributed by atoms with van der Waals surface area (Å²) in [7, 11) is 0. The van der Waals surface area contributed by atoms with Crippen LogP contribution in [0.1, 0.15) is 48.5 Å². The van der Waals surface area contributed by atoms with E-state index in [1.54, 1.807) is 0 Å². The zero-order valence-corrected chi connectivity index (χ0v) is 13.6. The molecule has 0 heterocycles. The highest BCUT2D eigenvalue weighted by Crippen LogP contribution is 2.67. The Balaban J connectivity index is 1.97. The number of hydrogen-bond acceptors (Lipinski definition) is 2. The molecule has 25 heavy (non-hydrogen) atoms. The molecule has 0 atom stereocenters. The van der Waals surface area contributed by atoms with Crippen molar-refractivity contribution in [1.82, 2.24) is 0 Å². The number of hydrogen-bond donors (Lipinski definition) is 0. The molecule has 3 aliphatic carbocycles. The second-order valence-corrected chi connectivity index (χ2v) is 7.15. The number of fused-ring (bicyclic) bond motifs is 3. The number of benzene rings is 1. The van der Waals surface area contributed by atoms with Crippen LogP contribution in [0.3, 0.4) is 0 Å². The van der Waals surface area contributed by atoms with Crippen molar-refractivity contribution in [3.8, 4) is 0 Å². The van der Waals surface area contributed by atoms with Gasteiger partial charge < -0.3 is 4.74 Å². The quantitative estimate of drug-likeness (QED) is 0.542. The molecule has 3 fully saturated rings. The van der Waals surface area contributed by atoms with E-state index >= 15 is 0 Å². The highest BCUT2D eigenvalue weighted by molar-refractivity contribution is 5.90. The van der Waals surface area contributed by atoms with E-state index in [1.165, 1.54) is 6.92 Å². The van der Waals surface area contributed by atoms with Gasteiger partial charge in [0, 0.05) is 5.41 Å². The van der Waals surface area contributed by atoms with Crippen LogP contribution < -0.4 is 0 Å². The van der Waals surface area contributed by atoms with E-state index < -0.39 is 58.9 Å². The Morgan fingerprint density at radius 3 is 2.08 bits per heavy atom. The highest BCUT2D eigenvalue weighted by Gasteiger charge is 2.82. The SMILES string of the molecule is Cc1ccc(C(=O)OC23CCC(C)(CC2)C(F)(F)C3(F)F)c(F)c1F. The summed E-state index contributed by atoms with van der Waals surface area (Å²) in [6.07, 6.45) is -1.44. The lowest BCUT2D eigenvalue weighted by atomic mass is 9.55. The van der Waals surface area contributed by atoms with Crippen LogP contribution in [0, 0.1) is 24.0 Å². The summed E-state index contributed by atoms with van der Waals surface area (Å²) in [5.41, 5.74) is -5.59. The summed E-state index contributed by atoms with van der Waals surface area (Å²) >= 11 is 0. The molecule has 4 rings (SSSR count). The molecule has 0 spiro atoms. The second-order valence-electron chi connectivity index (χ2n) is 7.15. The number of carbonyl (C=O) groups is 1. The summed E-state index contributed by atoms with van der Waals surface area (Å²) in [5, 5.41) is 0. The Labute approximate surface area is 140 Å². The molecule has 0 N–H and O–H groups in total. The molecule has 2 bridgehead atoms. The van der Waals surface area contributed by atoms with Crippen LogP contribution in [-0.2, 0) is 4.74 Å². The van der Waals surface area contributed by atoms with Crippen LogP contribution in [0.15, 0.2) is 12.1 Å². The third-order valence-corrected chi connectivity index (χ3v) is 5.67. The molecule has 3 aliphatic rings. The van der Waals surface area contributed by atoms with Gasteiger partial charge in [-0.1, -0.05) is 13.0 Å². The topological polar surface area (TPSA) is 26.3 Å². The Kier molecular flexibility index (Phi) is 3.72. The fraction of sp³-hybridized carbons (Fsp3) is 0.588. The molecule has 0 radical (unpaired) electrons. The van der Waals surface area contributed by atoms with Crippen LogP contribution in [0.4, 0.5) is 26.3 Å². The zero-order valence-electron chi connectivity index (χ0n) is 13.6. The van der Waals surface area contributed by atoms with Crippen molar-refractivity contribution in [3.05, 3.63) is 34.9 Å². The van der Waals surface area contributed by atoms with E-state index in [1.807, 2.05) is 0 Å². The van der Waals surface area contributed by atoms with Gasteiger partial charge in [-0.05, 0) is 44.2 Å². The molecule has 0 saturated heterocycles. The number of rotatable bonds is 2. The summed E-state index contributed by atoms with van der Waals surface area (Å²) in [5.74, 6) is -13.4. The van der Waals surface area contributed by atoms with Gasteiger partial charge in [0.15, 0.2) is 17.2 Å². The first kappa shape index (κ1) is 18.1. The lowest BCUT2D eigenvalue weighted by molar-refractivity contribution is -0.376. The van der Waals surface area contributed by atoms with Crippen molar-refractivity contribution in [1.29, 1.82) is 0 Å². The number of esters is 1. The largest absolute Gasteiger partial charge is 0.449 e. The van der Waals surface area contributed by atoms with Gasteiger partial charge in [-0.15, -0.1) is 0 Å². The summed E-state index contributed by atoms with van der Waals surface area (Å²) in [6, 6.07) is 1.97. The summed E-state index contributed by atoms with van der Waals surface area (Å²) in [6.45, 7) is 2.34. The Hall–Kier alpha value is -1.73. The minimum atomic E-state index is -4.60. The van der Waals surface area contributed by atoms with Gasteiger partial charge in [-0.2, -0.15) is 17.6 Å². The Bertz CT molecular complexity index is 735. The van der Waals surface area contributed by atoms with Crippen LogP contribution >= 0.6 is 0 Å². The number of halogens is 6. The summed E-state index contributed by atoms with van der Waals surface area (Å²) in [4.78, 5) is 12.2. The molecule has 3 saturated carbocycles. The molecule has 0 aliphatic heterocycles. The van der Waals surface area contributed by atoms with Gasteiger partial charge in [0.2, 0.25) is 0 Å². The molecule has 138 valence electrons. The number of alkyl halides is 4. The molecule has 1 aromatic carbocycles. The molecule has 1 aromatic rings. The minimum Gasteiger partial charge on any atom is -0.449 e. The van der Waals surface area contributed by atoms with Crippen LogP contribution in [0.25, 0.3) is 0 Å². The van der Waals surface area contributed by atoms with E-state index in [2.05, 4.69) is 0 Å². The Morgan fingerprint density at radius 1 is 0.960 bits per heavy atom. The minimum absolute atomic E-state index is 0.0878. The first-order chi connectivity index (χ1) is 11.4. The molecule has 2 nitrogen and oxygen atoms in total. The van der Waals surface area contributed by atoms with E-state index in [9.17, 15) is 31.1 Å². The van der Waals surface area contributed by atoms with Crippen molar-refractivity contribution in [2.24, 2.45) is 5.41 Å². The van der Waals surface area contributed by atoms with Crippen LogP contribution in [0.2, 0.25) is 0 Å². The van der Waals surface area contributed by atoms with Crippen molar-refractivity contribution >= 4 is 5.97 Å². The van der Waals surface area contributed by atoms with Crippen LogP contribution in [0.5, 0.6) is 0 Å². The van der Waals surface area contributed by atoms with E-state index in [0.29, 0.717) is 0 Å². The smallest absolute Gasteiger partial charge is 0.349 e. The predicted molar refractivity (Wildman–Crippen MR) is 75.7 cm³/mol. The average Bonchev–Trinajstić information content (AvgIpc) is 2.53. The Morgan fingerprint density at radius 2 is 1.52 bits per heavy atom. The number of aryl methyl sites for hydroxylation is 1. The highest BCUT2D eigenvalue weighted by atomic mass is 19.3. The summed E-state index contributed by atoms with van der Waals surface area (Å²) < 4.78 is 89.8. The van der Waals surface area contributed by atoms with Crippen LogP contribution in [-0.4, -0.2) is 23.4 Å². The fourth-order valence-corrected chi connectivity index (χ4v) is 3.70. The van der Waals surface area contributed by atoms with Crippen molar-refractivity contribution < 1.29 is 35.9 Å². The number of ether oxygens (including phenoxy) is 1. The average molecular weight is 366 g/mol. The van der Waals surface area contributed by atoms with E-state index in [4.69, 9.17) is 4.74 Å². The number of carbonyl (C=O) groups excluding carboxylic acids is 1. The molecule has 0 amide bonds. The lowest BCUT2D eigenvalue weighted by Crippen LogP contribution is -2.73. The first-order valence-electron chi connectivity index (χ1n) is 7.82. The van der Waals surface area contributed by atoms with E-state index in [-0.39, 0.29) is 18.4 Å². The fourth-order valence-electron chi connectivity index (χ4n) is 3.70. The lowest BCUT2D eigenvalue weighted by Gasteiger charge is -2.58. The molecule has 8 heteroatoms. The van der Waals surface area contributed by atoms with Gasteiger partial charge >= 0.3 is 17.8 Å². The zero-order chi connectivity index (χ0) is 18.8. The maximum absolute atomic E-state index is 14.5. The first-order valence-corrected chi connectivity index (χ1v) is 7.82. The second kappa shape index (κ2) is 5.14. The van der Waals surface area contributed by atoms with Gasteiger partial charge in [-0.25, -0.2) is 13.6 Å². The molecule has 0 unspecified atom stereocenters. The van der Waals surface area contributed by atoms with Gasteiger partial charge in [0.25, 0.3) is 0 Å². The van der Waals surface area contributed by atoms with Gasteiger partial charge in [-0.3, -0.25) is 0 Å². The van der Waals surface area contributed by atoms with E-state index in [0.717, 1.165) is 19.1 Å². The third kappa shape index (κ3) is 2.15. The molecular formula is C17H16F6O2. The van der Waals surface area contributed by atoms with Crippen molar-refractivity contribution in [3.63, 3.8) is 0 Å². The molecular weight excluding hydrogens is 350 g/mol. The normalized spacial score (nSPS) is 32.5. The maximum atomic E-state index is 14.5. The third-order valence-electron chi connectivity index (χ3n) is 5.67. The molecule has 0 aromatic heterocycles. The van der Waals surface area contributed by atoms with Crippen molar-refractivity contribution in [2.75, 3.05) is 0 Å². The van der Waals surface area contributed by atoms with Gasteiger partial charge in [0.05, 0.1) is 5.56 Å². The standard InChI is InChI=1S/C17H16F6O2/c1-9-3-4-10(12(19)11(9)18)13(24)25-15-7-5-14(2,6-8-15)16(20,21)17(15,22)23/h3-4H,5-8H2,1-2H3.